The molecule has 2 N–H and O–H groups in total. The van der Waals surface area contributed by atoms with Crippen molar-refractivity contribution < 1.29 is 9.72 Å². The number of nitrogens with zero attached hydrogens (tertiary/aromatic N) is 2. The van der Waals surface area contributed by atoms with Crippen molar-refractivity contribution in [2.24, 2.45) is 0 Å². The molecule has 0 saturated heterocycles. The molecular weight excluding hydrogens is 328 g/mol. The molecule has 0 bridgehead atoms. The van der Waals surface area contributed by atoms with E-state index in [1.807, 2.05) is 6.92 Å². The number of nitrogens with one attached hydrogen (secondary N) is 2. The van der Waals surface area contributed by atoms with Crippen LogP contribution in [0.15, 0.2) is 28.9 Å². The summed E-state index contributed by atoms with van der Waals surface area (Å²) in [5, 5.41) is 20.0. The lowest BCUT2D eigenvalue weighted by Crippen LogP contribution is -2.23. The van der Waals surface area contributed by atoms with Crippen LogP contribution in [-0.2, 0) is 6.54 Å². The third-order valence-electron chi connectivity index (χ3n) is 2.78. The second-order valence-corrected chi connectivity index (χ2v) is 4.98. The third-order valence-corrected chi connectivity index (χ3v) is 3.47. The molecule has 2 aromatic rings. The van der Waals surface area contributed by atoms with E-state index in [-0.39, 0.29) is 17.2 Å². The van der Waals surface area contributed by atoms with Crippen LogP contribution < -0.4 is 5.32 Å². The minimum atomic E-state index is -0.538. The van der Waals surface area contributed by atoms with Crippen LogP contribution in [-0.4, -0.2) is 21.0 Å². The Balaban J connectivity index is 2.15. The van der Waals surface area contributed by atoms with Crippen LogP contribution in [0.25, 0.3) is 0 Å². The summed E-state index contributed by atoms with van der Waals surface area (Å²) in [4.78, 5) is 22.2. The van der Waals surface area contributed by atoms with Crippen molar-refractivity contribution in [2.75, 3.05) is 0 Å². The van der Waals surface area contributed by atoms with Crippen molar-refractivity contribution in [3.63, 3.8) is 0 Å². The number of aromatic nitrogens is 2. The Morgan fingerprint density at radius 3 is 2.90 bits per heavy atom. The number of non-ortho nitro benzene ring substituents is 1. The van der Waals surface area contributed by atoms with E-state index in [0.717, 1.165) is 11.3 Å². The highest BCUT2D eigenvalue weighted by Crippen LogP contribution is 2.22. The zero-order valence-electron chi connectivity index (χ0n) is 10.5. The number of hydrogen-bond acceptors (Lipinski definition) is 4. The lowest BCUT2D eigenvalue weighted by Gasteiger charge is -2.06. The summed E-state index contributed by atoms with van der Waals surface area (Å²) >= 11 is 3.21. The number of halogens is 1. The summed E-state index contributed by atoms with van der Waals surface area (Å²) in [6, 6.07) is 4.05. The van der Waals surface area contributed by atoms with Crippen LogP contribution >= 0.6 is 15.9 Å². The van der Waals surface area contributed by atoms with E-state index in [9.17, 15) is 14.9 Å². The van der Waals surface area contributed by atoms with Gasteiger partial charge in [-0.1, -0.05) is 0 Å². The van der Waals surface area contributed by atoms with Gasteiger partial charge in [0.05, 0.1) is 16.7 Å². The number of aryl methyl sites for hydroxylation is 1. The number of amides is 1. The molecule has 0 fully saturated rings. The van der Waals surface area contributed by atoms with Crippen molar-refractivity contribution in [3.8, 4) is 0 Å². The summed E-state index contributed by atoms with van der Waals surface area (Å²) in [5.41, 5.74) is 1.82. The van der Waals surface area contributed by atoms with Gasteiger partial charge in [0.15, 0.2) is 0 Å². The van der Waals surface area contributed by atoms with Crippen LogP contribution in [0.5, 0.6) is 0 Å². The molecule has 0 aliphatic rings. The van der Waals surface area contributed by atoms with Gasteiger partial charge >= 0.3 is 0 Å². The molecule has 1 amide bonds. The molecule has 0 saturated carbocycles. The van der Waals surface area contributed by atoms with E-state index in [4.69, 9.17) is 0 Å². The van der Waals surface area contributed by atoms with Gasteiger partial charge in [0.25, 0.3) is 11.6 Å². The number of carbonyl (C=O) groups is 1. The van der Waals surface area contributed by atoms with E-state index >= 15 is 0 Å². The maximum Gasteiger partial charge on any atom is 0.270 e. The number of nitro groups is 1. The Kier molecular flexibility index (Phi) is 4.14. The number of rotatable bonds is 4. The number of carbonyl (C=O) groups excluding carboxylic acids is 1. The molecule has 20 heavy (non-hydrogen) atoms. The zero-order chi connectivity index (χ0) is 14.7. The molecule has 0 spiro atoms. The molecule has 2 rings (SSSR count). The topological polar surface area (TPSA) is 101 Å². The number of H-pyrrole nitrogens is 1. The molecule has 7 nitrogen and oxygen atoms in total. The highest BCUT2D eigenvalue weighted by molar-refractivity contribution is 9.10. The van der Waals surface area contributed by atoms with Crippen LogP contribution in [0.1, 0.15) is 21.6 Å². The maximum atomic E-state index is 12.1. The molecule has 0 aliphatic heterocycles. The smallest absolute Gasteiger partial charge is 0.270 e. The zero-order valence-corrected chi connectivity index (χ0v) is 12.1. The lowest BCUT2D eigenvalue weighted by molar-refractivity contribution is -0.384. The highest BCUT2D eigenvalue weighted by atomic mass is 79.9. The number of hydrogen-bond donors (Lipinski definition) is 2. The minimum Gasteiger partial charge on any atom is -0.348 e. The molecule has 0 radical (unpaired) electrons. The Morgan fingerprint density at radius 1 is 1.55 bits per heavy atom. The summed E-state index contributed by atoms with van der Waals surface area (Å²) in [7, 11) is 0. The Hall–Kier alpha value is -2.22. The minimum absolute atomic E-state index is 0.127. The third kappa shape index (κ3) is 3.02. The molecule has 0 aliphatic carbocycles. The average molecular weight is 339 g/mol. The molecule has 0 unspecified atom stereocenters. The Labute approximate surface area is 122 Å². The SMILES string of the molecule is Cc1[nH]ncc1CNC(=O)c1cc([N+](=O)[O-])ccc1Br. The van der Waals surface area contributed by atoms with Gasteiger partial charge in [0.1, 0.15) is 0 Å². The van der Waals surface area contributed by atoms with Crippen LogP contribution in [0.2, 0.25) is 0 Å². The second kappa shape index (κ2) is 5.83. The summed E-state index contributed by atoms with van der Waals surface area (Å²) < 4.78 is 0.504. The molecule has 0 atom stereocenters. The van der Waals surface area contributed by atoms with Gasteiger partial charge in [-0.05, 0) is 28.9 Å². The van der Waals surface area contributed by atoms with Gasteiger partial charge in [-0.15, -0.1) is 0 Å². The molecule has 104 valence electrons. The van der Waals surface area contributed by atoms with Crippen molar-refractivity contribution in [1.82, 2.24) is 15.5 Å². The van der Waals surface area contributed by atoms with Gasteiger partial charge in [-0.3, -0.25) is 20.0 Å². The predicted molar refractivity (Wildman–Crippen MR) is 75.3 cm³/mol. The van der Waals surface area contributed by atoms with E-state index < -0.39 is 4.92 Å². The molecular formula is C12H11BrN4O3. The molecule has 1 aromatic heterocycles. The largest absolute Gasteiger partial charge is 0.348 e. The van der Waals surface area contributed by atoms with Crippen molar-refractivity contribution in [3.05, 3.63) is 55.8 Å². The van der Waals surface area contributed by atoms with Crippen LogP contribution in [0.3, 0.4) is 0 Å². The van der Waals surface area contributed by atoms with Crippen LogP contribution in [0, 0.1) is 17.0 Å². The van der Waals surface area contributed by atoms with Gasteiger partial charge in [0, 0.05) is 34.4 Å². The molecule has 1 aromatic carbocycles. The van der Waals surface area contributed by atoms with Gasteiger partial charge in [-0.2, -0.15) is 5.10 Å². The molecule has 1 heterocycles. The first-order chi connectivity index (χ1) is 9.49. The maximum absolute atomic E-state index is 12.1. The average Bonchev–Trinajstić information content (AvgIpc) is 2.81. The first-order valence-electron chi connectivity index (χ1n) is 5.70. The first-order valence-corrected chi connectivity index (χ1v) is 6.49. The fourth-order valence-corrected chi connectivity index (χ4v) is 2.05. The normalized spacial score (nSPS) is 10.3. The summed E-state index contributed by atoms with van der Waals surface area (Å²) in [5.74, 6) is -0.388. The van der Waals surface area contributed by atoms with Gasteiger partial charge < -0.3 is 5.32 Å². The Bertz CT molecular complexity index is 668. The van der Waals surface area contributed by atoms with E-state index in [2.05, 4.69) is 31.4 Å². The quantitative estimate of drug-likeness (QED) is 0.659. The summed E-state index contributed by atoms with van der Waals surface area (Å²) in [6.07, 6.45) is 1.62. The van der Waals surface area contributed by atoms with E-state index in [1.165, 1.54) is 18.2 Å². The predicted octanol–water partition coefficient (Wildman–Crippen LogP) is 2.32. The van der Waals surface area contributed by atoms with Gasteiger partial charge in [-0.25, -0.2) is 0 Å². The number of nitro benzene ring substituents is 1. The highest BCUT2D eigenvalue weighted by Gasteiger charge is 2.15. The summed E-state index contributed by atoms with van der Waals surface area (Å²) in [6.45, 7) is 2.15. The van der Waals surface area contributed by atoms with E-state index in [1.54, 1.807) is 6.20 Å². The monoisotopic (exact) mass is 338 g/mol. The van der Waals surface area contributed by atoms with Crippen LogP contribution in [0.4, 0.5) is 5.69 Å². The second-order valence-electron chi connectivity index (χ2n) is 4.12. The Morgan fingerprint density at radius 2 is 2.30 bits per heavy atom. The standard InChI is InChI=1S/C12H11BrN4O3/c1-7-8(6-15-16-7)5-14-12(18)10-4-9(17(19)20)2-3-11(10)13/h2-4,6H,5H2,1H3,(H,14,18)(H,15,16). The first kappa shape index (κ1) is 14.2. The lowest BCUT2D eigenvalue weighted by atomic mass is 10.2. The van der Waals surface area contributed by atoms with Crippen molar-refractivity contribution >= 4 is 27.5 Å². The van der Waals surface area contributed by atoms with E-state index in [0.29, 0.717) is 11.0 Å². The number of aromatic amines is 1. The van der Waals surface area contributed by atoms with Gasteiger partial charge in [0.2, 0.25) is 0 Å². The fourth-order valence-electron chi connectivity index (χ4n) is 1.63. The number of benzene rings is 1. The molecule has 8 heteroatoms. The van der Waals surface area contributed by atoms with Crippen molar-refractivity contribution in [2.45, 2.75) is 13.5 Å². The van der Waals surface area contributed by atoms with Crippen molar-refractivity contribution in [1.29, 1.82) is 0 Å². The fraction of sp³-hybridized carbons (Fsp3) is 0.167.